The molecular weight excluding hydrogens is 427 g/mol. The minimum atomic E-state index is -0.283. The van der Waals surface area contributed by atoms with E-state index in [0.717, 1.165) is 41.5 Å². The topological polar surface area (TPSA) is 64.3 Å². The Morgan fingerprint density at radius 3 is 2.72 bits per heavy atom. The minimum Gasteiger partial charge on any atom is -0.487 e. The smallest absolute Gasteiger partial charge is 0.138 e. The van der Waals surface area contributed by atoms with Crippen molar-refractivity contribution in [3.63, 3.8) is 0 Å². The van der Waals surface area contributed by atoms with Gasteiger partial charge in [-0.15, -0.1) is 0 Å². The number of hydrogen-bond donors (Lipinski definition) is 1. The van der Waals surface area contributed by atoms with Crippen LogP contribution in [-0.4, -0.2) is 23.6 Å². The summed E-state index contributed by atoms with van der Waals surface area (Å²) in [6.07, 6.45) is 3.36. The highest BCUT2D eigenvalue weighted by atomic mass is 35.5. The number of benzene rings is 3. The number of aromatic nitrogens is 2. The van der Waals surface area contributed by atoms with Crippen LogP contribution in [0.25, 0.3) is 10.9 Å². The fraction of sp³-hybridized carbons (Fsp3) is 0.200. The van der Waals surface area contributed by atoms with E-state index in [1.54, 1.807) is 6.07 Å². The molecule has 7 heteroatoms. The molecule has 0 unspecified atom stereocenters. The first-order chi connectivity index (χ1) is 15.5. The van der Waals surface area contributed by atoms with E-state index in [4.69, 9.17) is 22.1 Å². The van der Waals surface area contributed by atoms with E-state index < -0.39 is 0 Å². The van der Waals surface area contributed by atoms with Gasteiger partial charge in [0.15, 0.2) is 0 Å². The Bertz CT molecular complexity index is 1230. The van der Waals surface area contributed by atoms with Gasteiger partial charge in [-0.1, -0.05) is 29.8 Å². The van der Waals surface area contributed by atoms with E-state index >= 15 is 0 Å². The normalized spacial score (nSPS) is 11.0. The van der Waals surface area contributed by atoms with Crippen molar-refractivity contribution in [2.24, 2.45) is 0 Å². The summed E-state index contributed by atoms with van der Waals surface area (Å²) < 4.78 is 19.1. The highest BCUT2D eigenvalue weighted by Crippen LogP contribution is 2.30. The molecule has 0 saturated heterocycles. The average Bonchev–Trinajstić information content (AvgIpc) is 2.79. The molecule has 0 aliphatic heterocycles. The summed E-state index contributed by atoms with van der Waals surface area (Å²) in [7, 11) is 2.03. The summed E-state index contributed by atoms with van der Waals surface area (Å²) in [6.45, 7) is 1.12. The molecule has 32 heavy (non-hydrogen) atoms. The van der Waals surface area contributed by atoms with Crippen LogP contribution in [0.2, 0.25) is 5.02 Å². The third-order valence-corrected chi connectivity index (χ3v) is 5.62. The first-order valence-electron chi connectivity index (χ1n) is 10.4. The number of anilines is 2. The van der Waals surface area contributed by atoms with Crippen molar-refractivity contribution >= 4 is 34.0 Å². The largest absolute Gasteiger partial charge is 0.487 e. The minimum absolute atomic E-state index is 0.258. The van der Waals surface area contributed by atoms with Crippen LogP contribution >= 0.6 is 11.6 Å². The molecule has 164 valence electrons. The third-order valence-electron chi connectivity index (χ3n) is 5.33. The Balaban J connectivity index is 1.33. The van der Waals surface area contributed by atoms with E-state index in [-0.39, 0.29) is 12.4 Å². The Labute approximate surface area is 191 Å². The molecule has 0 aliphatic carbocycles. The molecule has 4 aromatic rings. The summed E-state index contributed by atoms with van der Waals surface area (Å²) in [5.74, 6) is 0.794. The van der Waals surface area contributed by atoms with Crippen LogP contribution < -0.4 is 15.4 Å². The number of nitrogens with zero attached hydrogens (tertiary/aromatic N) is 3. The van der Waals surface area contributed by atoms with Crippen molar-refractivity contribution < 1.29 is 9.13 Å². The second-order valence-electron chi connectivity index (χ2n) is 7.67. The van der Waals surface area contributed by atoms with Gasteiger partial charge in [-0.05, 0) is 66.4 Å². The second-order valence-corrected chi connectivity index (χ2v) is 8.08. The van der Waals surface area contributed by atoms with Crippen molar-refractivity contribution in [1.82, 2.24) is 9.97 Å². The van der Waals surface area contributed by atoms with E-state index in [2.05, 4.69) is 27.0 Å². The molecular formula is C25H24ClFN4O. The molecule has 0 atom stereocenters. The first kappa shape index (κ1) is 21.8. The van der Waals surface area contributed by atoms with Gasteiger partial charge in [-0.3, -0.25) is 0 Å². The lowest BCUT2D eigenvalue weighted by Crippen LogP contribution is -2.19. The van der Waals surface area contributed by atoms with Crippen molar-refractivity contribution in [2.45, 2.75) is 19.4 Å². The lowest BCUT2D eigenvalue weighted by molar-refractivity contribution is 0.306. The highest BCUT2D eigenvalue weighted by molar-refractivity contribution is 6.32. The maximum atomic E-state index is 13.3. The van der Waals surface area contributed by atoms with E-state index in [0.29, 0.717) is 16.6 Å². The molecule has 0 radical (unpaired) electrons. The molecule has 0 amide bonds. The van der Waals surface area contributed by atoms with Gasteiger partial charge < -0.3 is 15.4 Å². The van der Waals surface area contributed by atoms with Crippen molar-refractivity contribution in [2.75, 3.05) is 24.2 Å². The maximum absolute atomic E-state index is 13.3. The third kappa shape index (κ3) is 5.26. The Hall–Kier alpha value is -3.38. The van der Waals surface area contributed by atoms with Crippen LogP contribution in [0.15, 0.2) is 67.0 Å². The lowest BCUT2D eigenvalue weighted by Gasteiger charge is -2.20. The predicted octanol–water partition coefficient (Wildman–Crippen LogP) is 5.65. The number of hydrogen-bond acceptors (Lipinski definition) is 5. The zero-order valence-electron chi connectivity index (χ0n) is 17.8. The number of nitrogen functional groups attached to an aromatic ring is 1. The average molecular weight is 451 g/mol. The maximum Gasteiger partial charge on any atom is 0.138 e. The van der Waals surface area contributed by atoms with Crippen LogP contribution in [0, 0.1) is 5.82 Å². The van der Waals surface area contributed by atoms with Gasteiger partial charge in [0.25, 0.3) is 0 Å². The lowest BCUT2D eigenvalue weighted by atomic mass is 10.1. The number of rotatable bonds is 8. The quantitative estimate of drug-likeness (QED) is 0.375. The molecule has 0 aliphatic rings. The molecule has 0 fully saturated rings. The monoisotopic (exact) mass is 450 g/mol. The van der Waals surface area contributed by atoms with Crippen LogP contribution in [0.1, 0.15) is 17.5 Å². The molecule has 4 rings (SSSR count). The Morgan fingerprint density at radius 2 is 1.91 bits per heavy atom. The number of nitrogens with two attached hydrogens (primary N) is 1. The van der Waals surface area contributed by atoms with Crippen LogP contribution in [0.3, 0.4) is 0 Å². The fourth-order valence-electron chi connectivity index (χ4n) is 3.56. The highest BCUT2D eigenvalue weighted by Gasteiger charge is 2.08. The molecule has 5 nitrogen and oxygen atoms in total. The van der Waals surface area contributed by atoms with Crippen LogP contribution in [0.4, 0.5) is 15.9 Å². The number of halogens is 2. The Kier molecular flexibility index (Phi) is 6.71. The number of fused-ring (bicyclic) bond motifs is 1. The van der Waals surface area contributed by atoms with Gasteiger partial charge in [-0.25, -0.2) is 14.4 Å². The molecule has 0 spiro atoms. The summed E-state index contributed by atoms with van der Waals surface area (Å²) in [5, 5.41) is 1.41. The summed E-state index contributed by atoms with van der Waals surface area (Å²) >= 11 is 6.42. The molecule has 0 bridgehead atoms. The Morgan fingerprint density at radius 1 is 1.03 bits per heavy atom. The van der Waals surface area contributed by atoms with E-state index in [9.17, 15) is 4.39 Å². The van der Waals surface area contributed by atoms with Crippen LogP contribution in [-0.2, 0) is 13.0 Å². The van der Waals surface area contributed by atoms with Gasteiger partial charge >= 0.3 is 0 Å². The zero-order chi connectivity index (χ0) is 22.5. The van der Waals surface area contributed by atoms with Gasteiger partial charge in [-0.2, -0.15) is 0 Å². The molecule has 2 N–H and O–H groups in total. The molecule has 0 saturated carbocycles. The van der Waals surface area contributed by atoms with Crippen molar-refractivity contribution in [1.29, 1.82) is 0 Å². The van der Waals surface area contributed by atoms with Crippen molar-refractivity contribution in [3.05, 3.63) is 89.0 Å². The second kappa shape index (κ2) is 9.83. The predicted molar refractivity (Wildman–Crippen MR) is 128 cm³/mol. The van der Waals surface area contributed by atoms with Gasteiger partial charge in [0.2, 0.25) is 0 Å². The van der Waals surface area contributed by atoms with Crippen molar-refractivity contribution in [3.8, 4) is 5.75 Å². The fourth-order valence-corrected chi connectivity index (χ4v) is 3.79. The van der Waals surface area contributed by atoms with E-state index in [1.807, 2.05) is 37.4 Å². The zero-order valence-corrected chi connectivity index (χ0v) is 18.5. The first-order valence-corrected chi connectivity index (χ1v) is 10.7. The SMILES string of the molecule is CN(CCCc1ccc2ncnc(N)c2c1)c1ccc(OCc2cccc(F)c2)c(Cl)c1. The van der Waals surface area contributed by atoms with Gasteiger partial charge in [0.1, 0.15) is 30.3 Å². The van der Waals surface area contributed by atoms with Gasteiger partial charge in [0.05, 0.1) is 10.5 Å². The van der Waals surface area contributed by atoms with E-state index in [1.165, 1.54) is 24.0 Å². The van der Waals surface area contributed by atoms with Gasteiger partial charge in [0, 0.05) is 24.7 Å². The molecule has 1 aromatic heterocycles. The van der Waals surface area contributed by atoms with Crippen LogP contribution in [0.5, 0.6) is 5.75 Å². The number of ether oxygens (including phenoxy) is 1. The summed E-state index contributed by atoms with van der Waals surface area (Å²) in [4.78, 5) is 10.5. The summed E-state index contributed by atoms with van der Waals surface area (Å²) in [6, 6.07) is 18.2. The molecule has 1 heterocycles. The molecule has 3 aromatic carbocycles. The number of aryl methyl sites for hydroxylation is 1. The standard InChI is InChI=1S/C25H24ClFN4O/c1-31(11-3-5-17-7-9-23-21(13-17)25(28)30-16-29-23)20-8-10-24(22(26)14-20)32-15-18-4-2-6-19(27)12-18/h2,4,6-10,12-14,16H,3,5,11,15H2,1H3,(H2,28,29,30). The summed E-state index contributed by atoms with van der Waals surface area (Å²) in [5.41, 5.74) is 9.78.